The van der Waals surface area contributed by atoms with Gasteiger partial charge in [-0.15, -0.1) is 0 Å². The number of aliphatic carboxylic acids is 1. The van der Waals surface area contributed by atoms with Crippen LogP contribution in [0.1, 0.15) is 40.0 Å². The van der Waals surface area contributed by atoms with Gasteiger partial charge in [0.2, 0.25) is 5.78 Å². The first kappa shape index (κ1) is 15.2. The van der Waals surface area contributed by atoms with Crippen LogP contribution in [0.15, 0.2) is 35.6 Å². The number of Topliss-reactive ketones (excluding diaryl/α,β-unsaturated/α-hetero) is 1. The number of carboxylic acid groups (broad SMARTS) is 1. The molecule has 0 amide bonds. The van der Waals surface area contributed by atoms with Gasteiger partial charge in [-0.3, -0.25) is 4.79 Å². The molecule has 1 N–H and O–H groups in total. The Kier molecular flexibility index (Phi) is 5.10. The van der Waals surface area contributed by atoms with Crippen molar-refractivity contribution < 1.29 is 19.4 Å². The van der Waals surface area contributed by atoms with Crippen molar-refractivity contribution in [2.24, 2.45) is 0 Å². The summed E-state index contributed by atoms with van der Waals surface area (Å²) in [5, 5.41) is 9.13. The quantitative estimate of drug-likeness (QED) is 0.591. The first-order valence-electron chi connectivity index (χ1n) is 6.50. The van der Waals surface area contributed by atoms with Gasteiger partial charge in [-0.25, -0.2) is 4.79 Å². The first-order chi connectivity index (χ1) is 8.96. The Bertz CT molecular complexity index is 457. The summed E-state index contributed by atoms with van der Waals surface area (Å²) < 4.78 is 5.58. The number of hydrogen-bond donors (Lipinski definition) is 1. The van der Waals surface area contributed by atoms with Crippen molar-refractivity contribution in [2.45, 2.75) is 45.6 Å². The van der Waals surface area contributed by atoms with Gasteiger partial charge in [0.05, 0.1) is 0 Å². The summed E-state index contributed by atoms with van der Waals surface area (Å²) in [6.07, 6.45) is 9.17. The van der Waals surface area contributed by atoms with Crippen LogP contribution in [0.25, 0.3) is 0 Å². The molecule has 0 radical (unpaired) electrons. The highest BCUT2D eigenvalue weighted by atomic mass is 16.5. The largest absolute Gasteiger partial charge is 0.479 e. The zero-order valence-corrected chi connectivity index (χ0v) is 11.6. The fraction of sp³-hybridized carbons (Fsp3) is 0.467. The Hall–Kier alpha value is -1.84. The molecule has 0 aromatic rings. The summed E-state index contributed by atoms with van der Waals surface area (Å²) in [4.78, 5) is 23.3. The van der Waals surface area contributed by atoms with Crippen molar-refractivity contribution in [1.82, 2.24) is 0 Å². The van der Waals surface area contributed by atoms with E-state index in [1.54, 1.807) is 19.1 Å². The predicted molar refractivity (Wildman–Crippen MR) is 72.6 cm³/mol. The number of hydrogen-bond acceptors (Lipinski definition) is 3. The van der Waals surface area contributed by atoms with Gasteiger partial charge >= 0.3 is 5.97 Å². The van der Waals surface area contributed by atoms with Crippen molar-refractivity contribution in [3.05, 3.63) is 35.6 Å². The molecule has 0 spiro atoms. The van der Waals surface area contributed by atoms with Crippen LogP contribution >= 0.6 is 0 Å². The summed E-state index contributed by atoms with van der Waals surface area (Å²) in [6.45, 7) is 5.51. The van der Waals surface area contributed by atoms with E-state index < -0.39 is 17.4 Å². The van der Waals surface area contributed by atoms with Crippen molar-refractivity contribution in [3.8, 4) is 0 Å². The lowest BCUT2D eigenvalue weighted by atomic mass is 9.96. The zero-order chi connectivity index (χ0) is 14.5. The van der Waals surface area contributed by atoms with Crippen LogP contribution in [0.2, 0.25) is 0 Å². The van der Waals surface area contributed by atoms with E-state index >= 15 is 0 Å². The summed E-state index contributed by atoms with van der Waals surface area (Å²) in [7, 11) is 0. The molecule has 4 nitrogen and oxygen atoms in total. The number of carboxylic acids is 1. The highest BCUT2D eigenvalue weighted by molar-refractivity contribution is 6.22. The van der Waals surface area contributed by atoms with Crippen LogP contribution in [-0.4, -0.2) is 22.5 Å². The molecule has 0 saturated carbocycles. The average molecular weight is 264 g/mol. The Morgan fingerprint density at radius 3 is 2.58 bits per heavy atom. The van der Waals surface area contributed by atoms with Gasteiger partial charge in [0.1, 0.15) is 11.3 Å². The van der Waals surface area contributed by atoms with Crippen LogP contribution in [0.3, 0.4) is 0 Å². The monoisotopic (exact) mass is 264 g/mol. The smallest absolute Gasteiger partial charge is 0.342 e. The Balaban J connectivity index is 2.99. The molecule has 0 aliphatic carbocycles. The third-order valence-electron chi connectivity index (χ3n) is 2.88. The third-order valence-corrected chi connectivity index (χ3v) is 2.88. The maximum atomic E-state index is 12.2. The van der Waals surface area contributed by atoms with E-state index in [9.17, 15) is 9.59 Å². The van der Waals surface area contributed by atoms with Crippen LogP contribution in [0.5, 0.6) is 0 Å². The molecule has 104 valence electrons. The van der Waals surface area contributed by atoms with E-state index in [1.807, 2.05) is 26.0 Å². The lowest BCUT2D eigenvalue weighted by Crippen LogP contribution is -2.32. The van der Waals surface area contributed by atoms with Crippen molar-refractivity contribution in [2.75, 3.05) is 0 Å². The molecule has 1 atom stereocenters. The third kappa shape index (κ3) is 3.34. The molecule has 1 aliphatic heterocycles. The van der Waals surface area contributed by atoms with Crippen molar-refractivity contribution in [1.29, 1.82) is 0 Å². The number of carbonyl (C=O) groups is 2. The Labute approximate surface area is 113 Å². The molecule has 0 aromatic heterocycles. The number of rotatable bonds is 6. The van der Waals surface area contributed by atoms with Gasteiger partial charge in [-0.05, 0) is 25.8 Å². The van der Waals surface area contributed by atoms with Crippen molar-refractivity contribution in [3.63, 3.8) is 0 Å². The normalized spacial score (nSPS) is 23.6. The lowest BCUT2D eigenvalue weighted by molar-refractivity contribution is -0.135. The molecule has 19 heavy (non-hydrogen) atoms. The van der Waals surface area contributed by atoms with E-state index in [0.29, 0.717) is 6.42 Å². The summed E-state index contributed by atoms with van der Waals surface area (Å²) >= 11 is 0. The number of carbonyl (C=O) groups excluding carboxylic acids is 1. The number of ether oxygens (including phenoxy) is 1. The minimum atomic E-state index is -1.21. The summed E-state index contributed by atoms with van der Waals surface area (Å²) in [5.74, 6) is -1.41. The van der Waals surface area contributed by atoms with Crippen LogP contribution in [0.4, 0.5) is 0 Å². The molecule has 4 heteroatoms. The Morgan fingerprint density at radius 2 is 2.05 bits per heavy atom. The molecular formula is C15H20O4. The molecular weight excluding hydrogens is 244 g/mol. The van der Waals surface area contributed by atoms with E-state index in [0.717, 1.165) is 12.8 Å². The SMILES string of the molecule is CC/C=C/C=C/[C@]1(C)OC(CCC)=C(C(=O)O)C1=O. The summed E-state index contributed by atoms with van der Waals surface area (Å²) in [5.41, 5.74) is -1.41. The van der Waals surface area contributed by atoms with Crippen molar-refractivity contribution >= 4 is 11.8 Å². The van der Waals surface area contributed by atoms with Gasteiger partial charge in [0, 0.05) is 6.42 Å². The van der Waals surface area contributed by atoms with Gasteiger partial charge in [-0.1, -0.05) is 32.1 Å². The maximum Gasteiger partial charge on any atom is 0.342 e. The van der Waals surface area contributed by atoms with E-state index in [2.05, 4.69) is 0 Å². The minimum Gasteiger partial charge on any atom is -0.479 e. The van der Waals surface area contributed by atoms with Gasteiger partial charge in [0.15, 0.2) is 5.60 Å². The minimum absolute atomic E-state index is 0.214. The van der Waals surface area contributed by atoms with E-state index in [-0.39, 0.29) is 11.3 Å². The molecule has 1 heterocycles. The van der Waals surface area contributed by atoms with Crippen LogP contribution in [0, 0.1) is 0 Å². The molecule has 1 rings (SSSR count). The van der Waals surface area contributed by atoms with Crippen LogP contribution < -0.4 is 0 Å². The van der Waals surface area contributed by atoms with Gasteiger partial charge < -0.3 is 9.84 Å². The van der Waals surface area contributed by atoms with E-state index in [4.69, 9.17) is 9.84 Å². The lowest BCUT2D eigenvalue weighted by Gasteiger charge is -2.19. The molecule has 1 aliphatic rings. The Morgan fingerprint density at radius 1 is 1.37 bits per heavy atom. The second-order valence-electron chi connectivity index (χ2n) is 4.59. The van der Waals surface area contributed by atoms with Gasteiger partial charge in [-0.2, -0.15) is 0 Å². The first-order valence-corrected chi connectivity index (χ1v) is 6.50. The second-order valence-corrected chi connectivity index (χ2v) is 4.59. The highest BCUT2D eigenvalue weighted by Gasteiger charge is 2.46. The maximum absolute atomic E-state index is 12.2. The number of allylic oxidation sites excluding steroid dienone is 4. The molecule has 0 saturated heterocycles. The second kappa shape index (κ2) is 6.36. The number of ketones is 1. The average Bonchev–Trinajstić information content (AvgIpc) is 2.58. The fourth-order valence-corrected chi connectivity index (χ4v) is 1.91. The topological polar surface area (TPSA) is 63.6 Å². The zero-order valence-electron chi connectivity index (χ0n) is 11.6. The molecule has 0 unspecified atom stereocenters. The summed E-state index contributed by atoms with van der Waals surface area (Å²) in [6, 6.07) is 0. The van der Waals surface area contributed by atoms with Crippen LogP contribution in [-0.2, 0) is 14.3 Å². The molecule has 0 aromatic carbocycles. The fourth-order valence-electron chi connectivity index (χ4n) is 1.91. The molecule has 0 fully saturated rings. The predicted octanol–water partition coefficient (Wildman–Crippen LogP) is 3.01. The highest BCUT2D eigenvalue weighted by Crippen LogP contribution is 2.34. The van der Waals surface area contributed by atoms with Gasteiger partial charge in [0.25, 0.3) is 0 Å². The molecule has 0 bridgehead atoms. The standard InChI is InChI=1S/C15H20O4/c1-4-6-7-8-10-15(3)13(16)12(14(17)18)11(19-15)9-5-2/h6-8,10H,4-5,9H2,1-3H3,(H,17,18)/b7-6+,10-8+/t15-/m0/s1. The van der Waals surface area contributed by atoms with E-state index in [1.165, 1.54) is 0 Å².